The summed E-state index contributed by atoms with van der Waals surface area (Å²) in [6, 6.07) is 19.0. The molecule has 6 heteroatoms. The van der Waals surface area contributed by atoms with E-state index in [1.807, 2.05) is 6.07 Å². The number of aryl methyl sites for hydroxylation is 1. The Bertz CT molecular complexity index is 1140. The summed E-state index contributed by atoms with van der Waals surface area (Å²) in [4.78, 5) is 30.8. The smallest absolute Gasteiger partial charge is 0.302 e. The number of hydrogen-bond donors (Lipinski definition) is 0. The lowest BCUT2D eigenvalue weighted by molar-refractivity contribution is -0.161. The molecule has 2 fully saturated rings. The second kappa shape index (κ2) is 14.4. The van der Waals surface area contributed by atoms with Crippen molar-refractivity contribution >= 4 is 11.9 Å². The third kappa shape index (κ3) is 7.91. The van der Waals surface area contributed by atoms with Crippen LogP contribution in [0.3, 0.4) is 0 Å². The summed E-state index contributed by atoms with van der Waals surface area (Å²) in [5.41, 5.74) is 2.39. The van der Waals surface area contributed by atoms with Crippen LogP contribution in [0.15, 0.2) is 54.6 Å². The van der Waals surface area contributed by atoms with Crippen molar-refractivity contribution < 1.29 is 19.1 Å². The molecule has 2 aliphatic rings. The number of rotatable bonds is 12. The van der Waals surface area contributed by atoms with Gasteiger partial charge in [0.1, 0.15) is 11.9 Å². The van der Waals surface area contributed by atoms with Crippen molar-refractivity contribution in [1.82, 2.24) is 9.80 Å². The normalized spacial score (nSPS) is 24.5. The molecule has 1 saturated heterocycles. The molecular formula is C35H50N2O4. The summed E-state index contributed by atoms with van der Waals surface area (Å²) in [6.07, 6.45) is 6.93. The maximum atomic E-state index is 13.9. The monoisotopic (exact) mass is 562 g/mol. The van der Waals surface area contributed by atoms with Gasteiger partial charge in [0, 0.05) is 50.2 Å². The van der Waals surface area contributed by atoms with Gasteiger partial charge in [0.05, 0.1) is 7.11 Å². The molecule has 0 radical (unpaired) electrons. The Hall–Kier alpha value is -2.86. The first-order chi connectivity index (χ1) is 19.7. The van der Waals surface area contributed by atoms with Crippen LogP contribution in [0.2, 0.25) is 0 Å². The van der Waals surface area contributed by atoms with Crippen molar-refractivity contribution in [3.8, 4) is 5.75 Å². The molecule has 1 amide bonds. The molecule has 0 aromatic heterocycles. The fourth-order valence-electron chi connectivity index (χ4n) is 7.25. The number of likely N-dealkylation sites (tertiary alicyclic amines) is 1. The van der Waals surface area contributed by atoms with Crippen LogP contribution in [0.25, 0.3) is 0 Å². The third-order valence-electron chi connectivity index (χ3n) is 9.19. The van der Waals surface area contributed by atoms with Crippen LogP contribution >= 0.6 is 0 Å². The van der Waals surface area contributed by atoms with Gasteiger partial charge in [0.2, 0.25) is 5.91 Å². The van der Waals surface area contributed by atoms with Gasteiger partial charge in [0.15, 0.2) is 0 Å². The Morgan fingerprint density at radius 3 is 2.56 bits per heavy atom. The number of methoxy groups -OCH3 is 1. The zero-order valence-electron chi connectivity index (χ0n) is 25.8. The van der Waals surface area contributed by atoms with Crippen molar-refractivity contribution in [2.24, 2.45) is 11.8 Å². The van der Waals surface area contributed by atoms with Crippen molar-refractivity contribution in [3.05, 3.63) is 65.7 Å². The maximum Gasteiger partial charge on any atom is 0.302 e. The number of unbranched alkanes of at least 4 members (excludes halogenated alkanes) is 2. The molecule has 0 bridgehead atoms. The molecule has 6 nitrogen and oxygen atoms in total. The summed E-state index contributed by atoms with van der Waals surface area (Å²) in [6.45, 7) is 8.43. The topological polar surface area (TPSA) is 59.1 Å². The number of carbonyl (C=O) groups is 2. The van der Waals surface area contributed by atoms with Gasteiger partial charge in [0.25, 0.3) is 0 Å². The SMILES string of the molecule is COc1cccc([C@@]23CCN(C)C[C@H]2C(OC(C)=O)C[C@@H](N(CC(C)C)C(=O)CCCCCc2ccccc2)C3)c1. The first kappa shape index (κ1) is 31.1. The van der Waals surface area contributed by atoms with Gasteiger partial charge in [-0.25, -0.2) is 0 Å². The Labute approximate surface area is 247 Å². The zero-order chi connectivity index (χ0) is 29.4. The molecule has 2 aromatic rings. The van der Waals surface area contributed by atoms with Gasteiger partial charge in [-0.1, -0.05) is 62.7 Å². The van der Waals surface area contributed by atoms with Gasteiger partial charge >= 0.3 is 5.97 Å². The number of carbonyl (C=O) groups excluding carboxylic acids is 2. The number of ether oxygens (including phenoxy) is 2. The van der Waals surface area contributed by atoms with E-state index in [0.717, 1.165) is 63.9 Å². The number of piperidine rings is 1. The van der Waals surface area contributed by atoms with Crippen LogP contribution in [-0.4, -0.2) is 67.6 Å². The summed E-state index contributed by atoms with van der Waals surface area (Å²) < 4.78 is 11.7. The van der Waals surface area contributed by atoms with Crippen LogP contribution in [0.1, 0.15) is 76.8 Å². The molecule has 4 atom stereocenters. The fraction of sp³-hybridized carbons (Fsp3) is 0.600. The second-order valence-corrected chi connectivity index (χ2v) is 12.7. The molecule has 0 N–H and O–H groups in total. The van der Waals surface area contributed by atoms with Crippen molar-refractivity contribution in [2.75, 3.05) is 33.8 Å². The Kier molecular flexibility index (Phi) is 10.9. The average molecular weight is 563 g/mol. The Morgan fingerprint density at radius 1 is 1.07 bits per heavy atom. The van der Waals surface area contributed by atoms with Crippen molar-refractivity contribution in [3.63, 3.8) is 0 Å². The van der Waals surface area contributed by atoms with Crippen LogP contribution < -0.4 is 4.74 Å². The van der Waals surface area contributed by atoms with Crippen LogP contribution in [0.5, 0.6) is 5.75 Å². The maximum absolute atomic E-state index is 13.9. The third-order valence-corrected chi connectivity index (χ3v) is 9.19. The predicted molar refractivity (Wildman–Crippen MR) is 164 cm³/mol. The molecule has 1 unspecified atom stereocenters. The van der Waals surface area contributed by atoms with Crippen molar-refractivity contribution in [1.29, 1.82) is 0 Å². The van der Waals surface area contributed by atoms with Crippen LogP contribution in [0.4, 0.5) is 0 Å². The van der Waals surface area contributed by atoms with E-state index in [2.05, 4.69) is 79.2 Å². The van der Waals surface area contributed by atoms with Crippen molar-refractivity contribution in [2.45, 2.75) is 89.7 Å². The van der Waals surface area contributed by atoms with Gasteiger partial charge in [-0.3, -0.25) is 9.59 Å². The number of hydrogen-bond acceptors (Lipinski definition) is 5. The largest absolute Gasteiger partial charge is 0.497 e. The van der Waals surface area contributed by atoms with E-state index in [-0.39, 0.29) is 35.4 Å². The minimum absolute atomic E-state index is 0.0180. The zero-order valence-corrected chi connectivity index (χ0v) is 25.8. The average Bonchev–Trinajstić information content (AvgIpc) is 2.96. The molecule has 224 valence electrons. The highest BCUT2D eigenvalue weighted by Gasteiger charge is 2.54. The highest BCUT2D eigenvalue weighted by Crippen LogP contribution is 2.51. The molecule has 1 heterocycles. The lowest BCUT2D eigenvalue weighted by Crippen LogP contribution is -2.62. The van der Waals surface area contributed by atoms with E-state index in [9.17, 15) is 9.59 Å². The van der Waals surface area contributed by atoms with Crippen LogP contribution in [-0.2, 0) is 26.2 Å². The van der Waals surface area contributed by atoms with E-state index >= 15 is 0 Å². The number of fused-ring (bicyclic) bond motifs is 1. The standard InChI is InChI=1S/C35H50N2O4/c1-26(2)24-37(34(39)18-11-7-10-15-28-13-8-6-9-14-28)30-22-33(41-27(3)38)32-25-36(4)20-19-35(32,23-30)29-16-12-17-31(21-29)40-5/h6,8-9,12-14,16-17,21,26,30,32-33H,7,10-11,15,18-20,22-25H2,1-5H3/t30-,32+,33?,35+/m1/s1. The first-order valence-corrected chi connectivity index (χ1v) is 15.6. The molecular weight excluding hydrogens is 512 g/mol. The molecule has 1 aliphatic carbocycles. The molecule has 41 heavy (non-hydrogen) atoms. The summed E-state index contributed by atoms with van der Waals surface area (Å²) in [5.74, 6) is 1.33. The summed E-state index contributed by atoms with van der Waals surface area (Å²) >= 11 is 0. The quantitative estimate of drug-likeness (QED) is 0.226. The van der Waals surface area contributed by atoms with E-state index in [1.165, 1.54) is 18.1 Å². The van der Waals surface area contributed by atoms with Gasteiger partial charge in [-0.05, 0) is 74.9 Å². The van der Waals surface area contributed by atoms with E-state index in [0.29, 0.717) is 18.8 Å². The van der Waals surface area contributed by atoms with Gasteiger partial charge in [-0.2, -0.15) is 0 Å². The fourth-order valence-corrected chi connectivity index (χ4v) is 7.25. The minimum Gasteiger partial charge on any atom is -0.497 e. The highest BCUT2D eigenvalue weighted by atomic mass is 16.5. The van der Waals surface area contributed by atoms with Crippen LogP contribution in [0, 0.1) is 11.8 Å². The molecule has 1 saturated carbocycles. The summed E-state index contributed by atoms with van der Waals surface area (Å²) in [5, 5.41) is 0. The van der Waals surface area contributed by atoms with E-state index in [4.69, 9.17) is 9.47 Å². The number of nitrogens with zero attached hydrogens (tertiary/aromatic N) is 2. The summed E-state index contributed by atoms with van der Waals surface area (Å²) in [7, 11) is 3.86. The Balaban J connectivity index is 1.56. The number of amides is 1. The molecule has 4 rings (SSSR count). The lowest BCUT2D eigenvalue weighted by atomic mass is 9.56. The van der Waals surface area contributed by atoms with E-state index in [1.54, 1.807) is 7.11 Å². The highest BCUT2D eigenvalue weighted by molar-refractivity contribution is 5.76. The molecule has 0 spiro atoms. The lowest BCUT2D eigenvalue weighted by Gasteiger charge is -2.56. The van der Waals surface area contributed by atoms with Gasteiger partial charge < -0.3 is 19.3 Å². The predicted octanol–water partition coefficient (Wildman–Crippen LogP) is 6.27. The van der Waals surface area contributed by atoms with E-state index < -0.39 is 0 Å². The second-order valence-electron chi connectivity index (χ2n) is 12.7. The number of benzene rings is 2. The van der Waals surface area contributed by atoms with Gasteiger partial charge in [-0.15, -0.1) is 0 Å². The molecule has 2 aromatic carbocycles. The number of esters is 1. The minimum atomic E-state index is -0.247. The Morgan fingerprint density at radius 2 is 1.85 bits per heavy atom. The molecule has 1 aliphatic heterocycles. The first-order valence-electron chi connectivity index (χ1n) is 15.6.